The minimum Gasteiger partial charge on any atom is -0.344 e. The molecule has 0 saturated heterocycles. The van der Waals surface area contributed by atoms with Crippen LogP contribution in [0.1, 0.15) is 47.8 Å². The fourth-order valence-corrected chi connectivity index (χ4v) is 3.22. The molecular weight excluding hydrogens is 232 g/mol. The van der Waals surface area contributed by atoms with Crippen molar-refractivity contribution >= 4 is 17.2 Å². The van der Waals surface area contributed by atoms with Gasteiger partial charge in [0.15, 0.2) is 0 Å². The van der Waals surface area contributed by atoms with E-state index in [9.17, 15) is 4.79 Å². The Bertz CT molecular complexity index is 402. The third kappa shape index (κ3) is 2.94. The van der Waals surface area contributed by atoms with E-state index in [2.05, 4.69) is 16.9 Å². The predicted octanol–water partition coefficient (Wildman–Crippen LogP) is 2.78. The summed E-state index contributed by atoms with van der Waals surface area (Å²) >= 11 is 1.75. The van der Waals surface area contributed by atoms with Crippen molar-refractivity contribution in [1.82, 2.24) is 10.3 Å². The van der Waals surface area contributed by atoms with Gasteiger partial charge in [-0.15, -0.1) is 11.3 Å². The van der Waals surface area contributed by atoms with Crippen molar-refractivity contribution in [2.24, 2.45) is 0 Å². The van der Waals surface area contributed by atoms with E-state index < -0.39 is 0 Å². The molecule has 1 N–H and O–H groups in total. The second kappa shape index (κ2) is 5.45. The van der Waals surface area contributed by atoms with E-state index in [4.69, 9.17) is 0 Å². The number of aromatic nitrogens is 1. The van der Waals surface area contributed by atoms with Gasteiger partial charge in [-0.25, -0.2) is 4.98 Å². The molecule has 0 bridgehead atoms. The van der Waals surface area contributed by atoms with Gasteiger partial charge in [-0.2, -0.15) is 0 Å². The first-order valence-corrected chi connectivity index (χ1v) is 6.93. The summed E-state index contributed by atoms with van der Waals surface area (Å²) in [6.07, 6.45) is 7.35. The van der Waals surface area contributed by atoms with Crippen molar-refractivity contribution in [2.45, 2.75) is 45.1 Å². The van der Waals surface area contributed by atoms with Gasteiger partial charge < -0.3 is 5.32 Å². The molecule has 0 saturated carbocycles. The normalized spacial score (nSPS) is 16.8. The Morgan fingerprint density at radius 1 is 1.47 bits per heavy atom. The summed E-state index contributed by atoms with van der Waals surface area (Å²) in [6, 6.07) is -0.0163. The number of fused-ring (bicyclic) bond motifs is 1. The van der Waals surface area contributed by atoms with Crippen molar-refractivity contribution < 1.29 is 4.79 Å². The van der Waals surface area contributed by atoms with Crippen LogP contribution < -0.4 is 5.32 Å². The molecule has 0 spiro atoms. The molecule has 1 atom stereocenters. The summed E-state index contributed by atoms with van der Waals surface area (Å²) < 4.78 is 0. The summed E-state index contributed by atoms with van der Waals surface area (Å²) in [7, 11) is 0. The standard InChI is InChI=1S/C13H18N2OS/c1-3-12(16)14-9(2)13-15-10-7-5-4-6-8-11(10)17-13/h3,9H,1,4-8H2,2H3,(H,14,16). The third-order valence-electron chi connectivity index (χ3n) is 3.03. The lowest BCUT2D eigenvalue weighted by atomic mass is 10.2. The van der Waals surface area contributed by atoms with Gasteiger partial charge in [0.25, 0.3) is 0 Å². The quantitative estimate of drug-likeness (QED) is 0.662. The number of carbonyl (C=O) groups is 1. The molecule has 1 aliphatic rings. The second-order valence-corrected chi connectivity index (χ2v) is 5.53. The molecule has 0 radical (unpaired) electrons. The lowest BCUT2D eigenvalue weighted by Crippen LogP contribution is -2.24. The van der Waals surface area contributed by atoms with E-state index in [1.54, 1.807) is 11.3 Å². The van der Waals surface area contributed by atoms with Crippen LogP contribution >= 0.6 is 11.3 Å². The molecule has 1 heterocycles. The average Bonchev–Trinajstić information content (AvgIpc) is 2.61. The zero-order chi connectivity index (χ0) is 12.3. The molecule has 4 heteroatoms. The lowest BCUT2D eigenvalue weighted by molar-refractivity contribution is -0.117. The van der Waals surface area contributed by atoms with E-state index in [1.807, 2.05) is 6.92 Å². The third-order valence-corrected chi connectivity index (χ3v) is 4.37. The number of nitrogens with one attached hydrogen (secondary N) is 1. The number of amides is 1. The number of rotatable bonds is 3. The molecule has 0 aromatic carbocycles. The molecule has 92 valence electrons. The highest BCUT2D eigenvalue weighted by molar-refractivity contribution is 7.11. The highest BCUT2D eigenvalue weighted by Gasteiger charge is 2.17. The zero-order valence-electron chi connectivity index (χ0n) is 10.2. The van der Waals surface area contributed by atoms with Crippen LogP contribution in [-0.4, -0.2) is 10.9 Å². The van der Waals surface area contributed by atoms with Crippen molar-refractivity contribution in [1.29, 1.82) is 0 Å². The maximum absolute atomic E-state index is 11.2. The Morgan fingerprint density at radius 2 is 2.24 bits per heavy atom. The van der Waals surface area contributed by atoms with Gasteiger partial charge in [0.05, 0.1) is 11.7 Å². The minimum atomic E-state index is -0.136. The molecule has 3 nitrogen and oxygen atoms in total. The van der Waals surface area contributed by atoms with Gasteiger partial charge in [0.1, 0.15) is 5.01 Å². The molecule has 1 amide bonds. The monoisotopic (exact) mass is 250 g/mol. The van der Waals surface area contributed by atoms with Crippen LogP contribution in [0.15, 0.2) is 12.7 Å². The SMILES string of the molecule is C=CC(=O)NC(C)c1nc2c(s1)CCCCC2. The highest BCUT2D eigenvalue weighted by Crippen LogP contribution is 2.29. The number of nitrogens with zero attached hydrogens (tertiary/aromatic N) is 1. The molecule has 1 aromatic rings. The topological polar surface area (TPSA) is 42.0 Å². The van der Waals surface area contributed by atoms with Crippen LogP contribution in [-0.2, 0) is 17.6 Å². The van der Waals surface area contributed by atoms with E-state index in [0.29, 0.717) is 0 Å². The van der Waals surface area contributed by atoms with E-state index >= 15 is 0 Å². The molecule has 1 aliphatic carbocycles. The van der Waals surface area contributed by atoms with Crippen molar-refractivity contribution in [3.8, 4) is 0 Å². The summed E-state index contributed by atoms with van der Waals surface area (Å²) in [5.41, 5.74) is 1.25. The molecule has 0 fully saturated rings. The Hall–Kier alpha value is -1.16. The van der Waals surface area contributed by atoms with Crippen molar-refractivity contribution in [3.05, 3.63) is 28.2 Å². The molecule has 1 aromatic heterocycles. The number of carbonyl (C=O) groups excluding carboxylic acids is 1. The molecule has 1 unspecified atom stereocenters. The van der Waals surface area contributed by atoms with Crippen molar-refractivity contribution in [2.75, 3.05) is 0 Å². The van der Waals surface area contributed by atoms with Crippen LogP contribution in [0.3, 0.4) is 0 Å². The smallest absolute Gasteiger partial charge is 0.243 e. The summed E-state index contributed by atoms with van der Waals surface area (Å²) in [4.78, 5) is 17.3. The molecule has 17 heavy (non-hydrogen) atoms. The molecular formula is C13H18N2OS. The fraction of sp³-hybridized carbons (Fsp3) is 0.538. The van der Waals surface area contributed by atoms with Crippen LogP contribution in [0.25, 0.3) is 0 Å². The summed E-state index contributed by atoms with van der Waals surface area (Å²) in [5.74, 6) is -0.136. The number of aryl methyl sites for hydroxylation is 2. The molecule has 0 aliphatic heterocycles. The van der Waals surface area contributed by atoms with Gasteiger partial charge in [-0.1, -0.05) is 13.0 Å². The minimum absolute atomic E-state index is 0.0163. The molecule has 2 rings (SSSR count). The summed E-state index contributed by atoms with van der Waals surface area (Å²) in [6.45, 7) is 5.43. The van der Waals surface area contributed by atoms with Crippen LogP contribution in [0.5, 0.6) is 0 Å². The average molecular weight is 250 g/mol. The van der Waals surface area contributed by atoms with Gasteiger partial charge in [0.2, 0.25) is 5.91 Å². The first-order valence-electron chi connectivity index (χ1n) is 6.12. The van der Waals surface area contributed by atoms with Crippen LogP contribution in [0.2, 0.25) is 0 Å². The maximum atomic E-state index is 11.2. The van der Waals surface area contributed by atoms with E-state index in [-0.39, 0.29) is 11.9 Å². The van der Waals surface area contributed by atoms with Gasteiger partial charge in [-0.05, 0) is 38.7 Å². The van der Waals surface area contributed by atoms with Gasteiger partial charge in [0, 0.05) is 4.88 Å². The Morgan fingerprint density at radius 3 is 3.00 bits per heavy atom. The van der Waals surface area contributed by atoms with Gasteiger partial charge in [-0.3, -0.25) is 4.79 Å². The first-order chi connectivity index (χ1) is 8.20. The van der Waals surface area contributed by atoms with Crippen LogP contribution in [0.4, 0.5) is 0 Å². The van der Waals surface area contributed by atoms with Crippen molar-refractivity contribution in [3.63, 3.8) is 0 Å². The van der Waals surface area contributed by atoms with E-state index in [0.717, 1.165) is 17.8 Å². The maximum Gasteiger partial charge on any atom is 0.243 e. The highest BCUT2D eigenvalue weighted by atomic mass is 32.1. The zero-order valence-corrected chi connectivity index (χ0v) is 11.0. The first kappa shape index (κ1) is 12.3. The van der Waals surface area contributed by atoms with Gasteiger partial charge >= 0.3 is 0 Å². The van der Waals surface area contributed by atoms with Crippen LogP contribution in [0, 0.1) is 0 Å². The lowest BCUT2D eigenvalue weighted by Gasteiger charge is -2.08. The predicted molar refractivity (Wildman–Crippen MR) is 70.1 cm³/mol. The fourth-order valence-electron chi connectivity index (χ4n) is 2.07. The second-order valence-electron chi connectivity index (χ2n) is 4.42. The number of hydrogen-bond donors (Lipinski definition) is 1. The summed E-state index contributed by atoms with van der Waals surface area (Å²) in [5, 5.41) is 3.88. The van der Waals surface area contributed by atoms with E-state index in [1.165, 1.54) is 35.9 Å². The largest absolute Gasteiger partial charge is 0.344 e. The Balaban J connectivity index is 2.11. The Kier molecular flexibility index (Phi) is 3.94. The Labute approximate surface area is 106 Å². The number of hydrogen-bond acceptors (Lipinski definition) is 3. The number of thiazole rings is 1.